The van der Waals surface area contributed by atoms with Crippen LogP contribution in [0.1, 0.15) is 32.3 Å². The summed E-state index contributed by atoms with van der Waals surface area (Å²) in [5, 5.41) is 8.71. The zero-order valence-corrected chi connectivity index (χ0v) is 9.77. The van der Waals surface area contributed by atoms with E-state index in [1.807, 2.05) is 31.2 Å². The summed E-state index contributed by atoms with van der Waals surface area (Å²) in [6, 6.07) is 7.79. The van der Waals surface area contributed by atoms with E-state index in [1.54, 1.807) is 0 Å². The highest BCUT2D eigenvalue weighted by molar-refractivity contribution is 5.67. The number of carbonyl (C=O) groups is 1. The molecular formula is C13H18O3. The second kappa shape index (κ2) is 6.16. The molecule has 0 spiro atoms. The molecular weight excluding hydrogens is 204 g/mol. The Kier molecular flexibility index (Phi) is 4.83. The third-order valence-electron chi connectivity index (χ3n) is 2.47. The average Bonchev–Trinajstić information content (AvgIpc) is 2.28. The highest BCUT2D eigenvalue weighted by Crippen LogP contribution is 2.17. The van der Waals surface area contributed by atoms with Crippen LogP contribution in [-0.4, -0.2) is 17.2 Å². The van der Waals surface area contributed by atoms with E-state index in [1.165, 1.54) is 5.56 Å². The summed E-state index contributed by atoms with van der Waals surface area (Å²) in [7, 11) is 0. The van der Waals surface area contributed by atoms with Crippen molar-refractivity contribution in [2.75, 3.05) is 0 Å². The summed E-state index contributed by atoms with van der Waals surface area (Å²) in [5.74, 6) is -0.0639. The molecule has 1 aromatic rings. The second-order valence-electron chi connectivity index (χ2n) is 3.75. The number of aryl methyl sites for hydroxylation is 1. The highest BCUT2D eigenvalue weighted by atomic mass is 16.5. The Morgan fingerprint density at radius 1 is 1.44 bits per heavy atom. The smallest absolute Gasteiger partial charge is 0.307 e. The van der Waals surface area contributed by atoms with Gasteiger partial charge in [-0.25, -0.2) is 0 Å². The van der Waals surface area contributed by atoms with Gasteiger partial charge >= 0.3 is 5.97 Å². The third kappa shape index (κ3) is 3.93. The van der Waals surface area contributed by atoms with E-state index in [0.29, 0.717) is 6.42 Å². The van der Waals surface area contributed by atoms with Crippen molar-refractivity contribution in [3.05, 3.63) is 29.8 Å². The fourth-order valence-electron chi connectivity index (χ4n) is 1.50. The van der Waals surface area contributed by atoms with Crippen LogP contribution in [0.25, 0.3) is 0 Å². The highest BCUT2D eigenvalue weighted by Gasteiger charge is 2.12. The van der Waals surface area contributed by atoms with E-state index >= 15 is 0 Å². The van der Waals surface area contributed by atoms with Crippen molar-refractivity contribution in [3.63, 3.8) is 0 Å². The van der Waals surface area contributed by atoms with Gasteiger partial charge in [0.05, 0.1) is 6.42 Å². The average molecular weight is 222 g/mol. The van der Waals surface area contributed by atoms with Crippen molar-refractivity contribution in [1.82, 2.24) is 0 Å². The number of rotatable bonds is 6. The molecule has 1 unspecified atom stereocenters. The Morgan fingerprint density at radius 3 is 2.75 bits per heavy atom. The number of carboxylic acid groups (broad SMARTS) is 1. The van der Waals surface area contributed by atoms with Crippen LogP contribution in [0.4, 0.5) is 0 Å². The first kappa shape index (κ1) is 12.6. The number of hydrogen-bond acceptors (Lipinski definition) is 2. The number of aliphatic carboxylic acids is 1. The molecule has 88 valence electrons. The summed E-state index contributed by atoms with van der Waals surface area (Å²) >= 11 is 0. The molecule has 0 bridgehead atoms. The van der Waals surface area contributed by atoms with E-state index < -0.39 is 5.97 Å². The maximum atomic E-state index is 10.6. The minimum absolute atomic E-state index is 0.0485. The lowest BCUT2D eigenvalue weighted by Gasteiger charge is -2.16. The summed E-state index contributed by atoms with van der Waals surface area (Å²) in [5.41, 5.74) is 1.20. The zero-order valence-electron chi connectivity index (χ0n) is 9.77. The molecule has 0 saturated carbocycles. The van der Waals surface area contributed by atoms with E-state index in [9.17, 15) is 4.79 Å². The van der Waals surface area contributed by atoms with Gasteiger partial charge in [-0.3, -0.25) is 4.79 Å². The summed E-state index contributed by atoms with van der Waals surface area (Å²) in [6.07, 6.45) is 1.45. The van der Waals surface area contributed by atoms with Gasteiger partial charge in [0.1, 0.15) is 11.9 Å². The van der Waals surface area contributed by atoms with Crippen molar-refractivity contribution in [1.29, 1.82) is 0 Å². The second-order valence-corrected chi connectivity index (χ2v) is 3.75. The van der Waals surface area contributed by atoms with Crippen LogP contribution in [0.3, 0.4) is 0 Å². The Labute approximate surface area is 96.1 Å². The summed E-state index contributed by atoms with van der Waals surface area (Å²) < 4.78 is 5.64. The van der Waals surface area contributed by atoms with Crippen LogP contribution in [0, 0.1) is 0 Å². The first-order chi connectivity index (χ1) is 7.65. The fraction of sp³-hybridized carbons (Fsp3) is 0.462. The predicted molar refractivity (Wildman–Crippen MR) is 62.8 cm³/mol. The zero-order chi connectivity index (χ0) is 12.0. The molecule has 1 atom stereocenters. The van der Waals surface area contributed by atoms with Gasteiger partial charge in [-0.1, -0.05) is 26.0 Å². The molecule has 0 aliphatic rings. The van der Waals surface area contributed by atoms with Crippen molar-refractivity contribution < 1.29 is 14.6 Å². The maximum Gasteiger partial charge on any atom is 0.307 e. The topological polar surface area (TPSA) is 46.5 Å². The molecule has 16 heavy (non-hydrogen) atoms. The predicted octanol–water partition coefficient (Wildman–Crippen LogP) is 2.88. The SMILES string of the molecule is CCc1cccc(OC(CC)CC(=O)O)c1. The lowest BCUT2D eigenvalue weighted by atomic mass is 10.1. The van der Waals surface area contributed by atoms with Crippen molar-refractivity contribution in [3.8, 4) is 5.75 Å². The molecule has 3 nitrogen and oxygen atoms in total. The van der Waals surface area contributed by atoms with Gasteiger partial charge in [0.2, 0.25) is 0 Å². The van der Waals surface area contributed by atoms with E-state index in [0.717, 1.165) is 12.2 Å². The Bertz CT molecular complexity index is 347. The number of hydrogen-bond donors (Lipinski definition) is 1. The maximum absolute atomic E-state index is 10.6. The van der Waals surface area contributed by atoms with Gasteiger partial charge in [0.15, 0.2) is 0 Å². The van der Waals surface area contributed by atoms with E-state index in [2.05, 4.69) is 6.92 Å². The Morgan fingerprint density at radius 2 is 2.19 bits per heavy atom. The standard InChI is InChI=1S/C13H18O3/c1-3-10-6-5-7-12(8-10)16-11(4-2)9-13(14)15/h5-8,11H,3-4,9H2,1-2H3,(H,14,15). The normalized spacial score (nSPS) is 12.1. The fourth-order valence-corrected chi connectivity index (χ4v) is 1.50. The van der Waals surface area contributed by atoms with E-state index in [4.69, 9.17) is 9.84 Å². The molecule has 0 aliphatic carbocycles. The van der Waals surface area contributed by atoms with Crippen molar-refractivity contribution in [2.45, 2.75) is 39.2 Å². The van der Waals surface area contributed by atoms with Crippen molar-refractivity contribution >= 4 is 5.97 Å². The largest absolute Gasteiger partial charge is 0.490 e. The first-order valence-electron chi connectivity index (χ1n) is 5.63. The van der Waals surface area contributed by atoms with Gasteiger partial charge in [0.25, 0.3) is 0 Å². The molecule has 0 fully saturated rings. The minimum atomic E-state index is -0.821. The van der Waals surface area contributed by atoms with Crippen LogP contribution < -0.4 is 4.74 Å². The molecule has 1 N–H and O–H groups in total. The molecule has 0 radical (unpaired) electrons. The van der Waals surface area contributed by atoms with E-state index in [-0.39, 0.29) is 12.5 Å². The number of benzene rings is 1. The van der Waals surface area contributed by atoms with Crippen LogP contribution in [0.15, 0.2) is 24.3 Å². The monoisotopic (exact) mass is 222 g/mol. The van der Waals surface area contributed by atoms with Crippen molar-refractivity contribution in [2.24, 2.45) is 0 Å². The van der Waals surface area contributed by atoms with Crippen LogP contribution in [-0.2, 0) is 11.2 Å². The van der Waals surface area contributed by atoms with Gasteiger partial charge in [-0.15, -0.1) is 0 Å². The Hall–Kier alpha value is -1.51. The number of ether oxygens (including phenoxy) is 1. The summed E-state index contributed by atoms with van der Waals surface area (Å²) in [6.45, 7) is 4.00. The lowest BCUT2D eigenvalue weighted by molar-refractivity contribution is -0.138. The van der Waals surface area contributed by atoms with Gasteiger partial charge in [-0.05, 0) is 30.5 Å². The molecule has 0 saturated heterocycles. The lowest BCUT2D eigenvalue weighted by Crippen LogP contribution is -2.19. The van der Waals surface area contributed by atoms with Gasteiger partial charge in [0, 0.05) is 0 Å². The van der Waals surface area contributed by atoms with Crippen LogP contribution >= 0.6 is 0 Å². The molecule has 3 heteroatoms. The minimum Gasteiger partial charge on any atom is -0.490 e. The first-order valence-corrected chi connectivity index (χ1v) is 5.63. The molecule has 0 heterocycles. The summed E-state index contributed by atoms with van der Waals surface area (Å²) in [4.78, 5) is 10.6. The van der Waals surface area contributed by atoms with Gasteiger partial charge in [-0.2, -0.15) is 0 Å². The number of carboxylic acids is 1. The third-order valence-corrected chi connectivity index (χ3v) is 2.47. The molecule has 0 aliphatic heterocycles. The van der Waals surface area contributed by atoms with Crippen LogP contribution in [0.2, 0.25) is 0 Å². The van der Waals surface area contributed by atoms with Crippen LogP contribution in [0.5, 0.6) is 5.75 Å². The molecule has 1 rings (SSSR count). The van der Waals surface area contributed by atoms with Gasteiger partial charge < -0.3 is 9.84 Å². The quantitative estimate of drug-likeness (QED) is 0.805. The molecule has 0 amide bonds. The molecule has 0 aromatic heterocycles. The Balaban J connectivity index is 2.65. The molecule has 1 aromatic carbocycles.